The van der Waals surface area contributed by atoms with Crippen LogP contribution in [0.2, 0.25) is 0 Å². The molecule has 6 rings (SSSR count). The first kappa shape index (κ1) is 31.2. The van der Waals surface area contributed by atoms with Crippen molar-refractivity contribution in [1.29, 1.82) is 0 Å². The van der Waals surface area contributed by atoms with E-state index in [9.17, 15) is 18.8 Å². The first-order valence-electron chi connectivity index (χ1n) is 15.4. The molecule has 43 heavy (non-hydrogen) atoms. The smallest absolute Gasteiger partial charge is 0.254 e. The monoisotopic (exact) mass is 613 g/mol. The van der Waals surface area contributed by atoms with Crippen molar-refractivity contribution >= 4 is 35.8 Å². The Morgan fingerprint density at radius 3 is 2.21 bits per heavy atom. The first-order valence-corrected chi connectivity index (χ1v) is 15.4. The van der Waals surface area contributed by atoms with Crippen LogP contribution in [0.4, 0.5) is 10.1 Å². The highest BCUT2D eigenvalue weighted by molar-refractivity contribution is 5.99. The molecule has 0 aromatic heterocycles. The highest BCUT2D eigenvalue weighted by Gasteiger charge is 2.29. The molecule has 3 heterocycles. The van der Waals surface area contributed by atoms with Crippen LogP contribution in [-0.4, -0.2) is 92.5 Å². The fraction of sp³-hybridized carbons (Fsp3) is 0.531. The molecule has 11 heteroatoms. The van der Waals surface area contributed by atoms with Gasteiger partial charge in [-0.3, -0.25) is 14.4 Å². The number of hydrogen-bond donors (Lipinski definition) is 2. The van der Waals surface area contributed by atoms with Gasteiger partial charge >= 0.3 is 0 Å². The average molecular weight is 614 g/mol. The number of benzene rings is 2. The predicted molar refractivity (Wildman–Crippen MR) is 165 cm³/mol. The quantitative estimate of drug-likeness (QED) is 0.518. The van der Waals surface area contributed by atoms with Crippen molar-refractivity contribution in [2.75, 3.05) is 63.8 Å². The van der Waals surface area contributed by atoms with Crippen molar-refractivity contribution in [3.8, 4) is 5.75 Å². The number of nitrogens with zero attached hydrogens (tertiary/aromatic N) is 3. The maximum Gasteiger partial charge on any atom is 0.254 e. The van der Waals surface area contributed by atoms with Crippen LogP contribution >= 0.6 is 12.4 Å². The maximum absolute atomic E-state index is 14.5. The second kappa shape index (κ2) is 14.1. The van der Waals surface area contributed by atoms with Gasteiger partial charge < -0.3 is 30.1 Å². The number of ether oxygens (including phenoxy) is 1. The molecule has 3 aliphatic heterocycles. The second-order valence-electron chi connectivity index (χ2n) is 11.8. The Bertz CT molecular complexity index is 1320. The summed E-state index contributed by atoms with van der Waals surface area (Å²) in [5.41, 5.74) is 2.40. The highest BCUT2D eigenvalue weighted by Crippen LogP contribution is 2.39. The topological polar surface area (TPSA) is 94.2 Å². The van der Waals surface area contributed by atoms with Crippen molar-refractivity contribution in [2.24, 2.45) is 0 Å². The zero-order valence-electron chi connectivity index (χ0n) is 24.5. The number of carbonyl (C=O) groups excluding carboxylic acids is 3. The molecule has 1 unspecified atom stereocenters. The van der Waals surface area contributed by atoms with E-state index in [2.05, 4.69) is 10.6 Å². The number of rotatable bonds is 6. The molecule has 0 spiro atoms. The summed E-state index contributed by atoms with van der Waals surface area (Å²) in [6.45, 7) is 4.53. The lowest BCUT2D eigenvalue weighted by atomic mass is 9.83. The Morgan fingerprint density at radius 2 is 1.53 bits per heavy atom. The van der Waals surface area contributed by atoms with E-state index < -0.39 is 5.82 Å². The average Bonchev–Trinajstić information content (AvgIpc) is 3.54. The summed E-state index contributed by atoms with van der Waals surface area (Å²) in [6, 6.07) is 9.98. The third-order valence-electron chi connectivity index (χ3n) is 9.00. The Hall–Kier alpha value is -3.21. The molecule has 232 valence electrons. The molecule has 0 bridgehead atoms. The minimum atomic E-state index is -0.554. The minimum absolute atomic E-state index is 0. The minimum Gasteiger partial charge on any atom is -0.489 e. The van der Waals surface area contributed by atoms with Gasteiger partial charge in [-0.2, -0.15) is 0 Å². The van der Waals surface area contributed by atoms with Crippen LogP contribution in [0.1, 0.15) is 70.7 Å². The number of amides is 3. The number of halogens is 2. The van der Waals surface area contributed by atoms with Gasteiger partial charge in [0.25, 0.3) is 11.8 Å². The van der Waals surface area contributed by atoms with E-state index in [0.717, 1.165) is 43.7 Å². The molecular formula is C32H41ClFN5O4. The lowest BCUT2D eigenvalue weighted by Crippen LogP contribution is -2.50. The third-order valence-corrected chi connectivity index (χ3v) is 9.00. The lowest BCUT2D eigenvalue weighted by molar-refractivity contribution is -0.118. The van der Waals surface area contributed by atoms with Gasteiger partial charge in [0.05, 0.1) is 6.54 Å². The van der Waals surface area contributed by atoms with E-state index in [1.807, 2.05) is 18.2 Å². The largest absolute Gasteiger partial charge is 0.489 e. The van der Waals surface area contributed by atoms with E-state index in [1.165, 1.54) is 36.3 Å². The predicted octanol–water partition coefficient (Wildman–Crippen LogP) is 3.57. The molecule has 1 atom stereocenters. The van der Waals surface area contributed by atoms with E-state index in [1.54, 1.807) is 15.9 Å². The normalized spacial score (nSPS) is 21.5. The lowest BCUT2D eigenvalue weighted by Gasteiger charge is -2.35. The van der Waals surface area contributed by atoms with Gasteiger partial charge in [-0.15, -0.1) is 12.4 Å². The van der Waals surface area contributed by atoms with Gasteiger partial charge in [-0.05, 0) is 73.7 Å². The number of nitrogens with one attached hydrogen (secondary N) is 2. The summed E-state index contributed by atoms with van der Waals surface area (Å²) < 4.78 is 20.9. The van der Waals surface area contributed by atoms with Crippen molar-refractivity contribution in [3.63, 3.8) is 0 Å². The molecule has 2 aromatic carbocycles. The van der Waals surface area contributed by atoms with E-state index in [4.69, 9.17) is 4.74 Å². The summed E-state index contributed by atoms with van der Waals surface area (Å²) in [5.74, 6) is 0.254. The van der Waals surface area contributed by atoms with E-state index in [-0.39, 0.29) is 48.3 Å². The van der Waals surface area contributed by atoms with Gasteiger partial charge in [-0.25, -0.2) is 4.39 Å². The van der Waals surface area contributed by atoms with Crippen LogP contribution in [0, 0.1) is 5.82 Å². The SMILES string of the molecule is Cl.O=C(c1cc(F)cc(N2CCNCC2=O)c1)N1CCN(C(=O)c2ccc(OC3CCNC3)c(C3CCCCC3)c2)CC1. The van der Waals surface area contributed by atoms with E-state index >= 15 is 0 Å². The first-order chi connectivity index (χ1) is 20.5. The van der Waals surface area contributed by atoms with Crippen LogP contribution in [-0.2, 0) is 4.79 Å². The molecule has 1 saturated carbocycles. The summed E-state index contributed by atoms with van der Waals surface area (Å²) in [7, 11) is 0. The van der Waals surface area contributed by atoms with E-state index in [0.29, 0.717) is 56.4 Å². The number of piperazine rings is 2. The summed E-state index contributed by atoms with van der Waals surface area (Å²) in [6.07, 6.45) is 7.02. The Morgan fingerprint density at radius 1 is 0.814 bits per heavy atom. The Balaban J connectivity index is 0.00000368. The summed E-state index contributed by atoms with van der Waals surface area (Å²) in [5, 5.41) is 6.36. The van der Waals surface area contributed by atoms with Gasteiger partial charge in [0.1, 0.15) is 17.7 Å². The molecule has 4 fully saturated rings. The number of carbonyl (C=O) groups is 3. The molecule has 2 aromatic rings. The van der Waals surface area contributed by atoms with Crippen LogP contribution in [0.5, 0.6) is 5.75 Å². The van der Waals surface area contributed by atoms with Gasteiger partial charge in [-0.1, -0.05) is 19.3 Å². The van der Waals surface area contributed by atoms with Crippen molar-refractivity contribution in [3.05, 3.63) is 58.9 Å². The Kier molecular flexibility index (Phi) is 10.2. The fourth-order valence-corrected chi connectivity index (χ4v) is 6.64. The highest BCUT2D eigenvalue weighted by atomic mass is 35.5. The molecule has 3 amide bonds. The van der Waals surface area contributed by atoms with Crippen LogP contribution in [0.25, 0.3) is 0 Å². The molecule has 2 N–H and O–H groups in total. The fourth-order valence-electron chi connectivity index (χ4n) is 6.64. The molecule has 4 aliphatic rings. The second-order valence-corrected chi connectivity index (χ2v) is 11.8. The van der Waals surface area contributed by atoms with Crippen LogP contribution < -0.4 is 20.3 Å². The summed E-state index contributed by atoms with van der Waals surface area (Å²) in [4.78, 5) is 44.2. The zero-order chi connectivity index (χ0) is 29.1. The maximum atomic E-state index is 14.5. The van der Waals surface area contributed by atoms with Crippen molar-refractivity contribution in [1.82, 2.24) is 20.4 Å². The van der Waals surface area contributed by atoms with Crippen LogP contribution in [0.3, 0.4) is 0 Å². The number of hydrogen-bond acceptors (Lipinski definition) is 6. The summed E-state index contributed by atoms with van der Waals surface area (Å²) >= 11 is 0. The molecular weight excluding hydrogens is 573 g/mol. The zero-order valence-corrected chi connectivity index (χ0v) is 25.3. The Labute approximate surface area is 258 Å². The van der Waals surface area contributed by atoms with Gasteiger partial charge in [0.2, 0.25) is 5.91 Å². The van der Waals surface area contributed by atoms with Crippen molar-refractivity contribution in [2.45, 2.75) is 50.5 Å². The standard InChI is InChI=1S/C32H40FN5O4.ClH/c33-25-16-24(17-26(19-25)38-11-10-35-21-30(38)39)32(41)37-14-12-36(13-15-37)31(40)23-6-7-29(42-27-8-9-34-20-27)28(18-23)22-4-2-1-3-5-22;/h6-7,16-19,22,27,34-35H,1-5,8-15,20-21H2;1H. The number of anilines is 1. The van der Waals surface area contributed by atoms with Gasteiger partial charge in [0.15, 0.2) is 0 Å². The molecule has 0 radical (unpaired) electrons. The third kappa shape index (κ3) is 7.13. The molecule has 3 saturated heterocycles. The molecule has 9 nitrogen and oxygen atoms in total. The molecule has 1 aliphatic carbocycles. The van der Waals surface area contributed by atoms with Crippen molar-refractivity contribution < 1.29 is 23.5 Å². The van der Waals surface area contributed by atoms with Crippen LogP contribution in [0.15, 0.2) is 36.4 Å². The van der Waals surface area contributed by atoms with Gasteiger partial charge in [0, 0.05) is 62.6 Å².